The SMILES string of the molecule is CC(C)Oc1cc(N2CCC(Oc3ccc([C@H](C)CC(=O)c4cncs4)cc3)C2)ccn1. The summed E-state index contributed by atoms with van der Waals surface area (Å²) in [6, 6.07) is 12.1. The molecule has 1 aliphatic heterocycles. The first kappa shape index (κ1) is 22.3. The number of anilines is 1. The zero-order valence-corrected chi connectivity index (χ0v) is 19.5. The lowest BCUT2D eigenvalue weighted by atomic mass is 9.95. The second kappa shape index (κ2) is 10.1. The van der Waals surface area contributed by atoms with Gasteiger partial charge in [-0.05, 0) is 43.5 Å². The van der Waals surface area contributed by atoms with Crippen LogP contribution in [0.4, 0.5) is 5.69 Å². The standard InChI is InChI=1S/C25H29N3O3S/c1-17(2)30-25-13-20(8-10-27-25)28-11-9-22(15-28)31-21-6-4-19(5-7-21)18(3)12-23(29)24-14-26-16-32-24/h4-8,10,13-14,16-18,22H,9,11-12,15H2,1-3H3/t18-,22?/m1/s1. The van der Waals surface area contributed by atoms with E-state index < -0.39 is 0 Å². The Bertz CT molecular complexity index is 1020. The molecule has 1 aliphatic rings. The number of rotatable bonds is 9. The van der Waals surface area contributed by atoms with Crippen molar-refractivity contribution in [1.29, 1.82) is 0 Å². The fraction of sp³-hybridized carbons (Fsp3) is 0.400. The lowest BCUT2D eigenvalue weighted by Crippen LogP contribution is -2.24. The molecule has 0 N–H and O–H groups in total. The first-order chi connectivity index (χ1) is 15.5. The van der Waals surface area contributed by atoms with Crippen LogP contribution in [0.5, 0.6) is 11.6 Å². The number of aromatic nitrogens is 2. The molecular formula is C25H29N3O3S. The van der Waals surface area contributed by atoms with Crippen molar-refractivity contribution in [3.63, 3.8) is 0 Å². The van der Waals surface area contributed by atoms with Crippen molar-refractivity contribution in [1.82, 2.24) is 9.97 Å². The fourth-order valence-electron chi connectivity index (χ4n) is 3.88. The first-order valence-corrected chi connectivity index (χ1v) is 11.9. The summed E-state index contributed by atoms with van der Waals surface area (Å²) >= 11 is 1.39. The summed E-state index contributed by atoms with van der Waals surface area (Å²) in [5.74, 6) is 1.81. The molecule has 0 radical (unpaired) electrons. The molecule has 2 atom stereocenters. The average Bonchev–Trinajstić information content (AvgIpc) is 3.46. The Balaban J connectivity index is 1.31. The molecule has 1 unspecified atom stereocenters. The molecule has 3 aromatic rings. The molecule has 1 saturated heterocycles. The van der Waals surface area contributed by atoms with Crippen LogP contribution in [0.25, 0.3) is 0 Å². The van der Waals surface area contributed by atoms with Gasteiger partial charge in [0, 0.05) is 43.5 Å². The molecule has 0 saturated carbocycles. The molecule has 3 heterocycles. The van der Waals surface area contributed by atoms with E-state index in [2.05, 4.69) is 33.9 Å². The van der Waals surface area contributed by atoms with Gasteiger partial charge in [-0.2, -0.15) is 0 Å². The summed E-state index contributed by atoms with van der Waals surface area (Å²) < 4.78 is 12.0. The Labute approximate surface area is 193 Å². The van der Waals surface area contributed by atoms with E-state index >= 15 is 0 Å². The maximum atomic E-state index is 12.3. The molecule has 0 amide bonds. The second-order valence-electron chi connectivity index (χ2n) is 8.46. The minimum Gasteiger partial charge on any atom is -0.489 e. The number of nitrogens with zero attached hydrogens (tertiary/aromatic N) is 3. The van der Waals surface area contributed by atoms with Crippen molar-refractivity contribution in [2.75, 3.05) is 18.0 Å². The lowest BCUT2D eigenvalue weighted by molar-refractivity contribution is 0.0979. The van der Waals surface area contributed by atoms with Crippen molar-refractivity contribution >= 4 is 22.8 Å². The number of benzene rings is 1. The number of thiazole rings is 1. The van der Waals surface area contributed by atoms with Gasteiger partial charge < -0.3 is 14.4 Å². The number of Topliss-reactive ketones (excluding diaryl/α,β-unsaturated/α-hetero) is 1. The zero-order chi connectivity index (χ0) is 22.5. The van der Waals surface area contributed by atoms with Crippen LogP contribution in [0.15, 0.2) is 54.3 Å². The highest BCUT2D eigenvalue weighted by atomic mass is 32.1. The Hall–Kier alpha value is -2.93. The first-order valence-electron chi connectivity index (χ1n) is 11.0. The topological polar surface area (TPSA) is 64.6 Å². The van der Waals surface area contributed by atoms with Crippen molar-refractivity contribution in [2.24, 2.45) is 0 Å². The van der Waals surface area contributed by atoms with Gasteiger partial charge in [-0.1, -0.05) is 19.1 Å². The van der Waals surface area contributed by atoms with Crippen LogP contribution in [0.1, 0.15) is 54.8 Å². The molecule has 32 heavy (non-hydrogen) atoms. The van der Waals surface area contributed by atoms with E-state index in [0.29, 0.717) is 12.3 Å². The Morgan fingerprint density at radius 2 is 2.03 bits per heavy atom. The van der Waals surface area contributed by atoms with E-state index in [9.17, 15) is 4.79 Å². The van der Waals surface area contributed by atoms with Gasteiger partial charge >= 0.3 is 0 Å². The van der Waals surface area contributed by atoms with Crippen molar-refractivity contribution < 1.29 is 14.3 Å². The second-order valence-corrected chi connectivity index (χ2v) is 9.34. The Morgan fingerprint density at radius 1 is 1.22 bits per heavy atom. The maximum Gasteiger partial charge on any atom is 0.215 e. The summed E-state index contributed by atoms with van der Waals surface area (Å²) in [6.07, 6.45) is 5.11. The highest BCUT2D eigenvalue weighted by Gasteiger charge is 2.25. The molecule has 6 nitrogen and oxygen atoms in total. The number of ether oxygens (including phenoxy) is 2. The molecule has 0 aliphatic carbocycles. The van der Waals surface area contributed by atoms with Crippen LogP contribution in [0, 0.1) is 0 Å². The predicted molar refractivity (Wildman–Crippen MR) is 127 cm³/mol. The van der Waals surface area contributed by atoms with Gasteiger partial charge in [0.25, 0.3) is 0 Å². The normalized spacial score (nSPS) is 16.9. The van der Waals surface area contributed by atoms with Gasteiger partial charge in [0.15, 0.2) is 5.78 Å². The molecule has 2 aromatic heterocycles. The number of pyridine rings is 1. The third-order valence-electron chi connectivity index (χ3n) is 5.54. The van der Waals surface area contributed by atoms with E-state index in [1.807, 2.05) is 38.1 Å². The van der Waals surface area contributed by atoms with Crippen LogP contribution in [-0.2, 0) is 0 Å². The van der Waals surface area contributed by atoms with Gasteiger partial charge in [-0.3, -0.25) is 9.78 Å². The third kappa shape index (κ3) is 5.65. The number of hydrogen-bond acceptors (Lipinski definition) is 7. The van der Waals surface area contributed by atoms with E-state index in [0.717, 1.165) is 41.4 Å². The minimum absolute atomic E-state index is 0.101. The van der Waals surface area contributed by atoms with Gasteiger partial charge in [0.1, 0.15) is 11.9 Å². The summed E-state index contributed by atoms with van der Waals surface area (Å²) in [5.41, 5.74) is 3.94. The van der Waals surface area contributed by atoms with Crippen LogP contribution in [0.2, 0.25) is 0 Å². The number of hydrogen-bond donors (Lipinski definition) is 0. The molecule has 7 heteroatoms. The maximum absolute atomic E-state index is 12.3. The Kier molecular flexibility index (Phi) is 7.05. The summed E-state index contributed by atoms with van der Waals surface area (Å²) in [6.45, 7) is 7.84. The van der Waals surface area contributed by atoms with E-state index in [-0.39, 0.29) is 23.9 Å². The fourth-order valence-corrected chi connectivity index (χ4v) is 4.45. The summed E-state index contributed by atoms with van der Waals surface area (Å²) in [4.78, 5) is 23.6. The van der Waals surface area contributed by atoms with E-state index in [1.54, 1.807) is 17.9 Å². The highest BCUT2D eigenvalue weighted by molar-refractivity contribution is 7.11. The third-order valence-corrected chi connectivity index (χ3v) is 6.35. The minimum atomic E-state index is 0.101. The van der Waals surface area contributed by atoms with Crippen molar-refractivity contribution in [2.45, 2.75) is 51.7 Å². The van der Waals surface area contributed by atoms with Crippen molar-refractivity contribution in [3.05, 3.63) is 64.7 Å². The highest BCUT2D eigenvalue weighted by Crippen LogP contribution is 2.28. The average molecular weight is 452 g/mol. The monoisotopic (exact) mass is 451 g/mol. The van der Waals surface area contributed by atoms with Crippen LogP contribution in [-0.4, -0.2) is 41.0 Å². The largest absolute Gasteiger partial charge is 0.489 e. The number of ketones is 1. The lowest BCUT2D eigenvalue weighted by Gasteiger charge is -2.20. The van der Waals surface area contributed by atoms with Crippen LogP contribution >= 0.6 is 11.3 Å². The van der Waals surface area contributed by atoms with Gasteiger partial charge in [-0.25, -0.2) is 4.98 Å². The summed E-state index contributed by atoms with van der Waals surface area (Å²) in [7, 11) is 0. The molecule has 4 rings (SSSR count). The van der Waals surface area contributed by atoms with Gasteiger partial charge in [0.2, 0.25) is 5.88 Å². The molecule has 1 fully saturated rings. The quantitative estimate of drug-likeness (QED) is 0.408. The Morgan fingerprint density at radius 3 is 2.75 bits per heavy atom. The van der Waals surface area contributed by atoms with Gasteiger partial charge in [-0.15, -0.1) is 11.3 Å². The van der Waals surface area contributed by atoms with E-state index in [1.165, 1.54) is 11.3 Å². The molecule has 168 valence electrons. The van der Waals surface area contributed by atoms with Crippen LogP contribution in [0.3, 0.4) is 0 Å². The van der Waals surface area contributed by atoms with Crippen molar-refractivity contribution in [3.8, 4) is 11.6 Å². The smallest absolute Gasteiger partial charge is 0.215 e. The summed E-state index contributed by atoms with van der Waals surface area (Å²) in [5, 5.41) is 0. The van der Waals surface area contributed by atoms with Gasteiger partial charge in [0.05, 0.1) is 23.0 Å². The number of carbonyl (C=O) groups is 1. The molecule has 0 spiro atoms. The number of carbonyl (C=O) groups excluding carboxylic acids is 1. The molecule has 0 bridgehead atoms. The predicted octanol–water partition coefficient (Wildman–Crippen LogP) is 5.36. The molecular weight excluding hydrogens is 422 g/mol. The van der Waals surface area contributed by atoms with Crippen LogP contribution < -0.4 is 14.4 Å². The molecule has 1 aromatic carbocycles. The zero-order valence-electron chi connectivity index (χ0n) is 18.7. The van der Waals surface area contributed by atoms with E-state index in [4.69, 9.17) is 9.47 Å².